The maximum absolute atomic E-state index is 9.11. The molecule has 0 saturated carbocycles. The van der Waals surface area contributed by atoms with Crippen LogP contribution in [0.4, 0.5) is 0 Å². The number of hydrogen-bond acceptors (Lipinski definition) is 7. The fraction of sp³-hybridized carbons (Fsp3) is 1.00. The van der Waals surface area contributed by atoms with Gasteiger partial charge >= 0.3 is 0 Å². The van der Waals surface area contributed by atoms with Gasteiger partial charge in [-0.1, -0.05) is 0 Å². The lowest BCUT2D eigenvalue weighted by molar-refractivity contribution is -0.357. The Morgan fingerprint density at radius 2 is 2.07 bits per heavy atom. The SMILES string of the molecule is OCOC1OCOCC1(CO)OCO. The highest BCUT2D eigenvalue weighted by molar-refractivity contribution is 4.85. The van der Waals surface area contributed by atoms with Crippen LogP contribution in [-0.2, 0) is 18.9 Å². The second-order valence-corrected chi connectivity index (χ2v) is 2.76. The molecule has 1 fully saturated rings. The van der Waals surface area contributed by atoms with Crippen LogP contribution in [0.15, 0.2) is 0 Å². The monoisotopic (exact) mass is 210 g/mol. The smallest absolute Gasteiger partial charge is 0.196 e. The van der Waals surface area contributed by atoms with Gasteiger partial charge in [-0.3, -0.25) is 0 Å². The van der Waals surface area contributed by atoms with Gasteiger partial charge in [0.05, 0.1) is 13.2 Å². The van der Waals surface area contributed by atoms with Crippen LogP contribution in [0, 0.1) is 0 Å². The first kappa shape index (κ1) is 11.8. The van der Waals surface area contributed by atoms with E-state index in [-0.39, 0.29) is 13.4 Å². The Balaban J connectivity index is 2.65. The molecule has 2 atom stereocenters. The van der Waals surface area contributed by atoms with E-state index >= 15 is 0 Å². The molecule has 0 radical (unpaired) electrons. The highest BCUT2D eigenvalue weighted by Crippen LogP contribution is 2.24. The summed E-state index contributed by atoms with van der Waals surface area (Å²) in [4.78, 5) is 0. The number of rotatable bonds is 5. The van der Waals surface area contributed by atoms with E-state index in [0.717, 1.165) is 0 Å². The molecule has 0 aromatic heterocycles. The van der Waals surface area contributed by atoms with Crippen molar-refractivity contribution in [2.24, 2.45) is 0 Å². The highest BCUT2D eigenvalue weighted by Gasteiger charge is 2.45. The Labute approximate surface area is 80.8 Å². The van der Waals surface area contributed by atoms with Gasteiger partial charge in [-0.15, -0.1) is 0 Å². The maximum atomic E-state index is 9.11. The lowest BCUT2D eigenvalue weighted by atomic mass is 10.1. The Bertz CT molecular complexity index is 158. The Morgan fingerprint density at radius 3 is 2.64 bits per heavy atom. The molecule has 0 amide bonds. The van der Waals surface area contributed by atoms with E-state index in [1.165, 1.54) is 0 Å². The normalized spacial score (nSPS) is 33.2. The Kier molecular flexibility index (Phi) is 4.69. The van der Waals surface area contributed by atoms with Crippen LogP contribution in [0.25, 0.3) is 0 Å². The van der Waals surface area contributed by atoms with Crippen LogP contribution in [-0.4, -0.2) is 60.8 Å². The summed E-state index contributed by atoms with van der Waals surface area (Å²) in [7, 11) is 0. The van der Waals surface area contributed by atoms with Gasteiger partial charge in [0.2, 0.25) is 0 Å². The van der Waals surface area contributed by atoms with Gasteiger partial charge < -0.3 is 34.3 Å². The van der Waals surface area contributed by atoms with Gasteiger partial charge in [-0.05, 0) is 0 Å². The molecule has 84 valence electrons. The van der Waals surface area contributed by atoms with Crippen LogP contribution in [0.5, 0.6) is 0 Å². The number of aliphatic hydroxyl groups is 3. The van der Waals surface area contributed by atoms with Crippen LogP contribution in [0.1, 0.15) is 0 Å². The van der Waals surface area contributed by atoms with Crippen molar-refractivity contribution in [1.29, 1.82) is 0 Å². The molecule has 1 heterocycles. The van der Waals surface area contributed by atoms with E-state index < -0.39 is 32.1 Å². The molecular weight excluding hydrogens is 196 g/mol. The molecule has 14 heavy (non-hydrogen) atoms. The van der Waals surface area contributed by atoms with Gasteiger partial charge in [0.25, 0.3) is 0 Å². The minimum atomic E-state index is -1.28. The molecule has 0 aromatic rings. The maximum Gasteiger partial charge on any atom is 0.196 e. The molecule has 0 aromatic carbocycles. The standard InChI is InChI=1S/C7H14O7/c8-1-7(14-4-10)2-11-5-13-6(7)12-3-9/h6,8-10H,1-5H2. The van der Waals surface area contributed by atoms with Gasteiger partial charge in [0.15, 0.2) is 11.9 Å². The summed E-state index contributed by atoms with van der Waals surface area (Å²) in [6.07, 6.45) is -0.960. The number of hydrogen-bond donors (Lipinski definition) is 3. The first-order chi connectivity index (χ1) is 6.79. The second kappa shape index (κ2) is 5.56. The molecule has 1 rings (SSSR count). The summed E-state index contributed by atoms with van der Waals surface area (Å²) < 4.78 is 19.6. The molecule has 1 aliphatic heterocycles. The minimum absolute atomic E-state index is 0.0127. The summed E-state index contributed by atoms with van der Waals surface area (Å²) in [6.45, 7) is -1.60. The van der Waals surface area contributed by atoms with Crippen molar-refractivity contribution in [2.45, 2.75) is 11.9 Å². The molecule has 3 N–H and O–H groups in total. The Morgan fingerprint density at radius 1 is 1.29 bits per heavy atom. The van der Waals surface area contributed by atoms with Crippen LogP contribution >= 0.6 is 0 Å². The van der Waals surface area contributed by atoms with E-state index in [1.807, 2.05) is 0 Å². The third-order valence-corrected chi connectivity index (χ3v) is 1.92. The summed E-state index contributed by atoms with van der Waals surface area (Å²) in [5.74, 6) is 0. The minimum Gasteiger partial charge on any atom is -0.393 e. The quantitative estimate of drug-likeness (QED) is 0.450. The van der Waals surface area contributed by atoms with Crippen molar-refractivity contribution >= 4 is 0 Å². The van der Waals surface area contributed by atoms with Crippen molar-refractivity contribution in [1.82, 2.24) is 0 Å². The molecule has 0 aliphatic carbocycles. The van der Waals surface area contributed by atoms with Gasteiger partial charge in [-0.25, -0.2) is 0 Å². The zero-order valence-corrected chi connectivity index (χ0v) is 7.59. The second-order valence-electron chi connectivity index (χ2n) is 2.76. The van der Waals surface area contributed by atoms with E-state index in [4.69, 9.17) is 34.3 Å². The summed E-state index contributed by atoms with van der Waals surface area (Å²) in [6, 6.07) is 0. The first-order valence-electron chi connectivity index (χ1n) is 4.06. The summed E-state index contributed by atoms with van der Waals surface area (Å²) in [5.41, 5.74) is -1.28. The van der Waals surface area contributed by atoms with E-state index in [0.29, 0.717) is 0 Å². The van der Waals surface area contributed by atoms with Crippen molar-refractivity contribution in [3.8, 4) is 0 Å². The van der Waals surface area contributed by atoms with Gasteiger partial charge in [0, 0.05) is 0 Å². The fourth-order valence-electron chi connectivity index (χ4n) is 1.22. The Hall–Kier alpha value is -0.280. The molecule has 0 bridgehead atoms. The molecular formula is C7H14O7. The summed E-state index contributed by atoms with van der Waals surface area (Å²) in [5, 5.41) is 26.3. The predicted molar refractivity (Wildman–Crippen MR) is 41.9 cm³/mol. The first-order valence-corrected chi connectivity index (χ1v) is 4.06. The molecule has 7 heteroatoms. The van der Waals surface area contributed by atoms with Crippen LogP contribution in [0.3, 0.4) is 0 Å². The third-order valence-electron chi connectivity index (χ3n) is 1.92. The highest BCUT2D eigenvalue weighted by atomic mass is 16.8. The lowest BCUT2D eigenvalue weighted by Gasteiger charge is -2.40. The molecule has 1 aliphatic rings. The summed E-state index contributed by atoms with van der Waals surface area (Å²) >= 11 is 0. The van der Waals surface area contributed by atoms with Crippen molar-refractivity contribution in [3.05, 3.63) is 0 Å². The van der Waals surface area contributed by atoms with Crippen molar-refractivity contribution in [2.75, 3.05) is 33.6 Å². The lowest BCUT2D eigenvalue weighted by Crippen LogP contribution is -2.57. The molecule has 1 saturated heterocycles. The van der Waals surface area contributed by atoms with Crippen molar-refractivity contribution < 1.29 is 34.3 Å². The molecule has 2 unspecified atom stereocenters. The van der Waals surface area contributed by atoms with Gasteiger partial charge in [0.1, 0.15) is 20.4 Å². The van der Waals surface area contributed by atoms with E-state index in [9.17, 15) is 0 Å². The predicted octanol–water partition coefficient (Wildman–Crippen LogP) is -2.02. The fourth-order valence-corrected chi connectivity index (χ4v) is 1.22. The third kappa shape index (κ3) is 2.39. The zero-order valence-electron chi connectivity index (χ0n) is 7.59. The largest absolute Gasteiger partial charge is 0.393 e. The average molecular weight is 210 g/mol. The van der Waals surface area contributed by atoms with Crippen molar-refractivity contribution in [3.63, 3.8) is 0 Å². The van der Waals surface area contributed by atoms with E-state index in [2.05, 4.69) is 0 Å². The molecule has 7 nitrogen and oxygen atoms in total. The molecule has 0 spiro atoms. The number of aliphatic hydroxyl groups excluding tert-OH is 3. The van der Waals surface area contributed by atoms with E-state index in [1.54, 1.807) is 0 Å². The van der Waals surface area contributed by atoms with Crippen LogP contribution < -0.4 is 0 Å². The zero-order chi connectivity index (χ0) is 10.4. The average Bonchev–Trinajstić information content (AvgIpc) is 2.22. The van der Waals surface area contributed by atoms with Crippen LogP contribution in [0.2, 0.25) is 0 Å². The topological polar surface area (TPSA) is 97.6 Å². The van der Waals surface area contributed by atoms with Gasteiger partial charge in [-0.2, -0.15) is 0 Å². The number of ether oxygens (including phenoxy) is 4.